The van der Waals surface area contributed by atoms with Gasteiger partial charge in [-0.15, -0.1) is 0 Å². The molecule has 1 aromatic carbocycles. The summed E-state index contributed by atoms with van der Waals surface area (Å²) in [5, 5.41) is 33.1. The van der Waals surface area contributed by atoms with E-state index in [4.69, 9.17) is 0 Å². The summed E-state index contributed by atoms with van der Waals surface area (Å²) < 4.78 is 0. The van der Waals surface area contributed by atoms with Gasteiger partial charge in [0, 0.05) is 31.4 Å². The van der Waals surface area contributed by atoms with Crippen LogP contribution in [0.1, 0.15) is 5.56 Å². The van der Waals surface area contributed by atoms with Crippen LogP contribution in [0.15, 0.2) is 18.2 Å². The molecular weight excluding hydrogens is 268 g/mol. The van der Waals surface area contributed by atoms with Crippen molar-refractivity contribution in [1.29, 1.82) is 0 Å². The van der Waals surface area contributed by atoms with Crippen molar-refractivity contribution < 1.29 is 24.7 Å². The minimum atomic E-state index is -2.21. The molecule has 0 N–H and O–H groups in total. The van der Waals surface area contributed by atoms with Crippen molar-refractivity contribution in [1.82, 2.24) is 0 Å². The van der Waals surface area contributed by atoms with E-state index in [0.717, 1.165) is 0 Å². The van der Waals surface area contributed by atoms with Gasteiger partial charge in [0.2, 0.25) is 0 Å². The molecule has 20 heavy (non-hydrogen) atoms. The SMILES string of the molecule is CN1CC(C(=O)[O-])(C(=O)[O-])Cc2cc([N+](=O)[O-])ccc21. The summed E-state index contributed by atoms with van der Waals surface area (Å²) in [6.07, 6.45) is -0.404. The van der Waals surface area contributed by atoms with Gasteiger partial charge in [-0.3, -0.25) is 10.1 Å². The van der Waals surface area contributed by atoms with Crippen LogP contribution in [0.4, 0.5) is 11.4 Å². The monoisotopic (exact) mass is 278 g/mol. The lowest BCUT2D eigenvalue weighted by molar-refractivity contribution is -0.385. The highest BCUT2D eigenvalue weighted by atomic mass is 16.6. The number of carboxylic acid groups (broad SMARTS) is 2. The molecule has 0 bridgehead atoms. The lowest BCUT2D eigenvalue weighted by Crippen LogP contribution is -2.61. The van der Waals surface area contributed by atoms with Gasteiger partial charge in [-0.05, 0) is 18.1 Å². The summed E-state index contributed by atoms with van der Waals surface area (Å²) in [5.41, 5.74) is -1.63. The molecule has 0 aliphatic carbocycles. The molecular formula is C12H10N2O6-2. The second-order valence-corrected chi connectivity index (χ2v) is 4.76. The number of non-ortho nitro benzene ring substituents is 1. The zero-order valence-corrected chi connectivity index (χ0v) is 10.5. The number of benzene rings is 1. The van der Waals surface area contributed by atoms with Crippen LogP contribution in [-0.2, 0) is 16.0 Å². The summed E-state index contributed by atoms with van der Waals surface area (Å²) in [7, 11) is 1.50. The van der Waals surface area contributed by atoms with Crippen molar-refractivity contribution >= 4 is 23.3 Å². The van der Waals surface area contributed by atoms with E-state index >= 15 is 0 Å². The van der Waals surface area contributed by atoms with Crippen LogP contribution in [0.3, 0.4) is 0 Å². The summed E-state index contributed by atoms with van der Waals surface area (Å²) in [5.74, 6) is -3.52. The van der Waals surface area contributed by atoms with Crippen molar-refractivity contribution in [3.63, 3.8) is 0 Å². The zero-order chi connectivity index (χ0) is 15.1. The predicted octanol–water partition coefficient (Wildman–Crippen LogP) is -1.93. The lowest BCUT2D eigenvalue weighted by Gasteiger charge is -2.44. The Hall–Kier alpha value is -2.64. The van der Waals surface area contributed by atoms with Gasteiger partial charge >= 0.3 is 0 Å². The van der Waals surface area contributed by atoms with Gasteiger partial charge in [-0.25, -0.2) is 0 Å². The Labute approximate surface area is 113 Å². The Balaban J connectivity index is 2.55. The van der Waals surface area contributed by atoms with Crippen LogP contribution in [0.2, 0.25) is 0 Å². The molecule has 8 heteroatoms. The molecule has 0 saturated heterocycles. The van der Waals surface area contributed by atoms with E-state index in [0.29, 0.717) is 5.69 Å². The number of carboxylic acids is 2. The van der Waals surface area contributed by atoms with E-state index in [1.165, 1.54) is 30.1 Å². The largest absolute Gasteiger partial charge is 0.549 e. The minimum absolute atomic E-state index is 0.232. The van der Waals surface area contributed by atoms with E-state index in [1.54, 1.807) is 0 Å². The van der Waals surface area contributed by atoms with E-state index in [1.807, 2.05) is 0 Å². The first-order chi connectivity index (χ1) is 9.28. The number of anilines is 1. The van der Waals surface area contributed by atoms with E-state index in [9.17, 15) is 29.9 Å². The van der Waals surface area contributed by atoms with Crippen LogP contribution in [0.5, 0.6) is 0 Å². The smallest absolute Gasteiger partial charge is 0.269 e. The highest BCUT2D eigenvalue weighted by Gasteiger charge is 2.40. The van der Waals surface area contributed by atoms with Crippen LogP contribution >= 0.6 is 0 Å². The number of fused-ring (bicyclic) bond motifs is 1. The highest BCUT2D eigenvalue weighted by Crippen LogP contribution is 2.37. The number of carbonyl (C=O) groups excluding carboxylic acids is 2. The Morgan fingerprint density at radius 3 is 2.40 bits per heavy atom. The van der Waals surface area contributed by atoms with Crippen molar-refractivity contribution in [3.05, 3.63) is 33.9 Å². The molecule has 0 fully saturated rings. The first-order valence-corrected chi connectivity index (χ1v) is 5.69. The molecule has 0 amide bonds. The van der Waals surface area contributed by atoms with E-state index < -0.39 is 28.7 Å². The number of nitrogens with zero attached hydrogens (tertiary/aromatic N) is 2. The van der Waals surface area contributed by atoms with Gasteiger partial charge in [0.05, 0.1) is 22.3 Å². The van der Waals surface area contributed by atoms with Gasteiger partial charge in [-0.2, -0.15) is 0 Å². The molecule has 1 aliphatic heterocycles. The maximum atomic E-state index is 11.2. The quantitative estimate of drug-likeness (QED) is 0.358. The molecule has 8 nitrogen and oxygen atoms in total. The Morgan fingerprint density at radius 2 is 1.90 bits per heavy atom. The number of aliphatic carboxylic acids is 2. The van der Waals surface area contributed by atoms with Crippen LogP contribution in [-0.4, -0.2) is 30.5 Å². The molecule has 1 aliphatic rings. The first-order valence-electron chi connectivity index (χ1n) is 5.69. The fourth-order valence-electron chi connectivity index (χ4n) is 2.43. The zero-order valence-electron chi connectivity index (χ0n) is 10.5. The first kappa shape index (κ1) is 13.8. The molecule has 1 heterocycles. The minimum Gasteiger partial charge on any atom is -0.549 e. The van der Waals surface area contributed by atoms with Crippen LogP contribution in [0, 0.1) is 15.5 Å². The molecule has 0 aromatic heterocycles. The lowest BCUT2D eigenvalue weighted by atomic mass is 9.77. The standard InChI is InChI=1S/C12H12N2O6/c1-13-6-12(10(15)16,11(17)18)5-7-4-8(14(19)20)2-3-9(7)13/h2-4H,5-6H2,1H3,(H,15,16)(H,17,18)/p-2. The fourth-order valence-corrected chi connectivity index (χ4v) is 2.43. The summed E-state index contributed by atoms with van der Waals surface area (Å²) in [6, 6.07) is 3.91. The Kier molecular flexibility index (Phi) is 3.09. The van der Waals surface area contributed by atoms with Crippen molar-refractivity contribution in [2.24, 2.45) is 5.41 Å². The molecule has 0 unspecified atom stereocenters. The molecule has 0 spiro atoms. The second-order valence-electron chi connectivity index (χ2n) is 4.76. The summed E-state index contributed by atoms with van der Waals surface area (Å²) >= 11 is 0. The Bertz CT molecular complexity index is 598. The number of nitro benzene ring substituents is 1. The van der Waals surface area contributed by atoms with Gasteiger partial charge < -0.3 is 24.7 Å². The van der Waals surface area contributed by atoms with Gasteiger partial charge in [0.15, 0.2) is 0 Å². The van der Waals surface area contributed by atoms with E-state index in [-0.39, 0.29) is 17.8 Å². The molecule has 0 radical (unpaired) electrons. The third kappa shape index (κ3) is 1.94. The maximum Gasteiger partial charge on any atom is 0.269 e. The number of hydrogen-bond donors (Lipinski definition) is 0. The second kappa shape index (κ2) is 4.48. The fraction of sp³-hybridized carbons (Fsp3) is 0.333. The molecule has 0 saturated carbocycles. The molecule has 2 rings (SSSR count). The molecule has 1 aromatic rings. The topological polar surface area (TPSA) is 127 Å². The molecule has 106 valence electrons. The highest BCUT2D eigenvalue weighted by molar-refractivity contribution is 5.98. The number of rotatable bonds is 3. The third-order valence-corrected chi connectivity index (χ3v) is 3.47. The van der Waals surface area contributed by atoms with Gasteiger partial charge in [0.1, 0.15) is 0 Å². The normalized spacial score (nSPS) is 16.4. The van der Waals surface area contributed by atoms with Crippen LogP contribution in [0.25, 0.3) is 0 Å². The number of nitro groups is 1. The van der Waals surface area contributed by atoms with Gasteiger partial charge in [-0.1, -0.05) is 0 Å². The van der Waals surface area contributed by atoms with Crippen molar-refractivity contribution in [2.45, 2.75) is 6.42 Å². The number of hydrogen-bond acceptors (Lipinski definition) is 7. The van der Waals surface area contributed by atoms with E-state index in [2.05, 4.69) is 0 Å². The summed E-state index contributed by atoms with van der Waals surface area (Å²) in [6.45, 7) is -0.317. The van der Waals surface area contributed by atoms with Gasteiger partial charge in [0.25, 0.3) is 5.69 Å². The number of carbonyl (C=O) groups is 2. The molecule has 0 atom stereocenters. The van der Waals surface area contributed by atoms with Crippen molar-refractivity contribution in [3.8, 4) is 0 Å². The summed E-state index contributed by atoms with van der Waals surface area (Å²) in [4.78, 5) is 33.9. The predicted molar refractivity (Wildman–Crippen MR) is 62.5 cm³/mol. The average molecular weight is 278 g/mol. The Morgan fingerprint density at radius 1 is 1.30 bits per heavy atom. The third-order valence-electron chi connectivity index (χ3n) is 3.47. The average Bonchev–Trinajstić information content (AvgIpc) is 2.37. The maximum absolute atomic E-state index is 11.2. The van der Waals surface area contributed by atoms with Crippen molar-refractivity contribution in [2.75, 3.05) is 18.5 Å². The van der Waals surface area contributed by atoms with Crippen LogP contribution < -0.4 is 15.1 Å².